The number of rotatable bonds is 57. The Labute approximate surface area is 625 Å². The fourth-order valence-electron chi connectivity index (χ4n) is 12.0. The van der Waals surface area contributed by atoms with Gasteiger partial charge in [-0.05, 0) is 225 Å². The molecule has 0 atom stereocenters. The Hall–Kier alpha value is -7.45. The number of aryl methyl sites for hydroxylation is 3. The zero-order chi connectivity index (χ0) is 77.2. The van der Waals surface area contributed by atoms with E-state index in [0.717, 1.165) is 166 Å². The van der Waals surface area contributed by atoms with Crippen molar-refractivity contribution in [2.45, 2.75) is 293 Å². The number of carbonyl (C=O) groups is 6. The zero-order valence-electron chi connectivity index (χ0n) is 65.9. The van der Waals surface area contributed by atoms with Crippen molar-refractivity contribution in [3.05, 3.63) is 159 Å². The molecule has 104 heavy (non-hydrogen) atoms. The normalized spacial score (nSPS) is 11.3. The maximum Gasteiger partial charge on any atom is 0.647 e. The highest BCUT2D eigenvalue weighted by molar-refractivity contribution is 7.49. The largest absolute Gasteiger partial charge is 0.647 e. The summed E-state index contributed by atoms with van der Waals surface area (Å²) in [7, 11) is -4.93. The molecule has 0 aliphatic heterocycles. The second-order valence-corrected chi connectivity index (χ2v) is 30.5. The lowest BCUT2D eigenvalue weighted by Gasteiger charge is -2.29. The highest BCUT2D eigenvalue weighted by Crippen LogP contribution is 2.57. The van der Waals surface area contributed by atoms with E-state index in [1.54, 1.807) is 41.5 Å². The molecular formula is C87H129O16P. The van der Waals surface area contributed by atoms with E-state index in [9.17, 15) is 28.8 Å². The molecule has 16 nitrogen and oxygen atoms in total. The number of phosphoric ester groups is 1. The topological polar surface area (TPSA) is 203 Å². The van der Waals surface area contributed by atoms with Crippen molar-refractivity contribution >= 4 is 43.6 Å². The van der Waals surface area contributed by atoms with Crippen molar-refractivity contribution in [1.29, 1.82) is 0 Å². The van der Waals surface area contributed by atoms with Crippen LogP contribution in [0.5, 0.6) is 17.2 Å². The van der Waals surface area contributed by atoms with Gasteiger partial charge in [-0.3, -0.25) is 0 Å². The molecule has 0 fully saturated rings. The zero-order valence-corrected chi connectivity index (χ0v) is 66.8. The molecule has 3 rings (SSSR count). The minimum Gasteiger partial charge on any atom is -0.462 e. The summed E-state index contributed by atoms with van der Waals surface area (Å²) in [6.07, 6.45) is 22.7. The number of benzene rings is 3. The third kappa shape index (κ3) is 34.6. The highest BCUT2D eigenvalue weighted by atomic mass is 31.2. The van der Waals surface area contributed by atoms with Crippen molar-refractivity contribution in [2.24, 2.45) is 0 Å². The first kappa shape index (κ1) is 90.8. The number of unbranched alkanes of at least 4 members (excludes halogenated alkanes) is 18. The van der Waals surface area contributed by atoms with E-state index in [2.05, 4.69) is 117 Å². The van der Waals surface area contributed by atoms with Crippen LogP contribution >= 0.6 is 7.82 Å². The Morgan fingerprint density at radius 1 is 0.279 bits per heavy atom. The first-order valence-corrected chi connectivity index (χ1v) is 40.0. The number of phosphoric acid groups is 1. The fraction of sp³-hybridized carbons (Fsp3) is 0.586. The van der Waals surface area contributed by atoms with Crippen LogP contribution in [0.2, 0.25) is 0 Å². The summed E-state index contributed by atoms with van der Waals surface area (Å²) < 4.78 is 73.1. The molecule has 3 aromatic carbocycles. The van der Waals surface area contributed by atoms with Crippen LogP contribution < -0.4 is 13.6 Å². The maximum absolute atomic E-state index is 17.7. The van der Waals surface area contributed by atoms with Gasteiger partial charge in [0, 0.05) is 33.4 Å². The Balaban J connectivity index is 2.46. The third-order valence-corrected chi connectivity index (χ3v) is 19.3. The first-order chi connectivity index (χ1) is 49.5. The predicted octanol–water partition coefficient (Wildman–Crippen LogP) is 22.0. The minimum atomic E-state index is -4.93. The number of carbonyl (C=O) groups excluding carboxylic acids is 6. The van der Waals surface area contributed by atoms with E-state index >= 15 is 4.57 Å². The van der Waals surface area contributed by atoms with Gasteiger partial charge >= 0.3 is 43.6 Å². The van der Waals surface area contributed by atoms with E-state index in [0.29, 0.717) is 148 Å². The van der Waals surface area contributed by atoms with E-state index in [-0.39, 0.29) is 37.6 Å². The van der Waals surface area contributed by atoms with E-state index in [1.165, 1.54) is 0 Å². The second kappa shape index (κ2) is 50.1. The molecule has 0 spiro atoms. The lowest BCUT2D eigenvalue weighted by Crippen LogP contribution is -2.16. The molecular weight excluding hydrogens is 1330 g/mol. The number of esters is 6. The molecule has 0 bridgehead atoms. The monoisotopic (exact) mass is 1460 g/mol. The molecule has 0 saturated carbocycles. The molecule has 0 aromatic heterocycles. The van der Waals surface area contributed by atoms with Gasteiger partial charge < -0.3 is 42.0 Å². The smallest absolute Gasteiger partial charge is 0.462 e. The van der Waals surface area contributed by atoms with Gasteiger partial charge in [0.2, 0.25) is 0 Å². The Morgan fingerprint density at radius 3 is 0.625 bits per heavy atom. The predicted molar refractivity (Wildman–Crippen MR) is 419 cm³/mol. The van der Waals surface area contributed by atoms with E-state index in [4.69, 9.17) is 42.0 Å². The molecule has 0 aliphatic rings. The summed E-state index contributed by atoms with van der Waals surface area (Å²) in [6.45, 7) is 46.7. The second-order valence-electron chi connectivity index (χ2n) is 29.0. The Morgan fingerprint density at radius 2 is 0.452 bits per heavy atom. The molecule has 0 unspecified atom stereocenters. The Bertz CT molecular complexity index is 3020. The maximum atomic E-state index is 17.7. The fourth-order valence-corrected chi connectivity index (χ4v) is 13.4. The first-order valence-electron chi connectivity index (χ1n) is 38.6. The van der Waals surface area contributed by atoms with Crippen LogP contribution in [0.3, 0.4) is 0 Å². The molecule has 0 aliphatic carbocycles. The van der Waals surface area contributed by atoms with Gasteiger partial charge in [0.25, 0.3) is 0 Å². The lowest BCUT2D eigenvalue weighted by atomic mass is 9.90. The SMILES string of the molecule is C=C(C)C(=O)OCCCCCCc1ccc(C(C)C)c(OP(=O)(Oc2c(C(C)C)ccc(CCCCCCOC(=O)C(=C)C)c2CCCCCCOC(=O)C(=C)C)Oc2c(C(C)C)ccc(CCCCCCOC(=O)C(=C)C)c2CCCCCCOC(=O)C(=C)C)c1CCCCCCOC(=O)C(=C)C. The van der Waals surface area contributed by atoms with Crippen molar-refractivity contribution in [3.8, 4) is 17.2 Å². The van der Waals surface area contributed by atoms with Gasteiger partial charge in [-0.15, -0.1) is 0 Å². The number of ether oxygens (including phenoxy) is 6. The van der Waals surface area contributed by atoms with Crippen LogP contribution in [0.25, 0.3) is 0 Å². The van der Waals surface area contributed by atoms with Crippen LogP contribution in [0, 0.1) is 0 Å². The molecule has 0 amide bonds. The van der Waals surface area contributed by atoms with Crippen molar-refractivity contribution in [1.82, 2.24) is 0 Å². The summed E-state index contributed by atoms with van der Waals surface area (Å²) in [4.78, 5) is 73.6. The summed E-state index contributed by atoms with van der Waals surface area (Å²) in [5, 5.41) is 0. The van der Waals surface area contributed by atoms with E-state index < -0.39 is 43.6 Å². The summed E-state index contributed by atoms with van der Waals surface area (Å²) in [5.74, 6) is -1.30. The summed E-state index contributed by atoms with van der Waals surface area (Å²) in [5.41, 5.74) is 10.7. The summed E-state index contributed by atoms with van der Waals surface area (Å²) >= 11 is 0. The quantitative estimate of drug-likeness (QED) is 0.0170. The van der Waals surface area contributed by atoms with Gasteiger partial charge in [0.05, 0.1) is 39.6 Å². The van der Waals surface area contributed by atoms with Gasteiger partial charge in [0.15, 0.2) is 0 Å². The molecule has 0 saturated heterocycles. The van der Waals surface area contributed by atoms with Crippen LogP contribution in [0.4, 0.5) is 0 Å². The van der Waals surface area contributed by atoms with Crippen LogP contribution in [-0.2, 0) is 100 Å². The Kier molecular flexibility index (Phi) is 43.7. The van der Waals surface area contributed by atoms with Crippen LogP contribution in [-0.4, -0.2) is 75.5 Å². The lowest BCUT2D eigenvalue weighted by molar-refractivity contribution is -0.139. The molecule has 578 valence electrons. The number of hydrogen-bond acceptors (Lipinski definition) is 16. The molecule has 0 N–H and O–H groups in total. The number of hydrogen-bond donors (Lipinski definition) is 0. The molecule has 3 aromatic rings. The minimum absolute atomic E-state index is 0.101. The van der Waals surface area contributed by atoms with Crippen LogP contribution in [0.15, 0.2) is 109 Å². The third-order valence-electron chi connectivity index (χ3n) is 18.1. The van der Waals surface area contributed by atoms with Crippen molar-refractivity contribution in [2.75, 3.05) is 39.6 Å². The van der Waals surface area contributed by atoms with Crippen molar-refractivity contribution in [3.63, 3.8) is 0 Å². The van der Waals surface area contributed by atoms with Gasteiger partial charge in [-0.2, -0.15) is 4.57 Å². The summed E-state index contributed by atoms with van der Waals surface area (Å²) in [6, 6.07) is 12.9. The molecule has 0 radical (unpaired) electrons. The van der Waals surface area contributed by atoms with Crippen molar-refractivity contribution < 1.29 is 75.3 Å². The molecule has 0 heterocycles. The van der Waals surface area contributed by atoms with Crippen LogP contribution in [0.1, 0.15) is 305 Å². The van der Waals surface area contributed by atoms with Gasteiger partial charge in [-0.25, -0.2) is 28.8 Å². The van der Waals surface area contributed by atoms with E-state index in [1.807, 2.05) is 0 Å². The average molecular weight is 1460 g/mol. The van der Waals surface area contributed by atoms with Gasteiger partial charge in [0.1, 0.15) is 17.2 Å². The standard InChI is InChI=1S/C87H129O16P/c1-61(2)73-52-49-70(43-31-19-25-37-55-95-82(88)64(7)8)76(46-34-22-28-40-58-98-85(91)67(13)14)79(73)101-104(94,102-80-74(62(3)4)53-50-71(44-32-20-26-38-56-96-83(89)65(9)10)77(80)47-35-23-29-41-59-99-86(92)68(15)16)103-81-75(63(5)6)54-51-72(45-33-21-27-39-57-97-84(90)66(11)12)78(81)48-36-24-30-42-60-100-87(93)69(17)18/h49-54,61-63H,7,9,11,13,15,17,19-48,55-60H2,1-6,8,10,12,14,16,18H3. The average Bonchev–Trinajstić information content (AvgIpc) is 0.767. The molecule has 17 heteroatoms. The van der Waals surface area contributed by atoms with Gasteiger partial charge in [-0.1, -0.05) is 194 Å². The highest BCUT2D eigenvalue weighted by Gasteiger charge is 2.40.